The normalized spacial score (nSPS) is 21.7. The molecule has 0 saturated heterocycles. The first-order valence-electron chi connectivity index (χ1n) is 8.75. The highest BCUT2D eigenvalue weighted by Gasteiger charge is 2.30. The molecule has 2 atom stereocenters. The maximum absolute atomic E-state index is 12.7. The molecule has 0 bridgehead atoms. The molecule has 0 radical (unpaired) electrons. The summed E-state index contributed by atoms with van der Waals surface area (Å²) < 4.78 is 13.3. The van der Waals surface area contributed by atoms with Crippen LogP contribution in [0.1, 0.15) is 23.5 Å². The second kappa shape index (κ2) is 6.43. The molecule has 4 rings (SSSR count). The Balaban J connectivity index is 1.41. The van der Waals surface area contributed by atoms with Crippen molar-refractivity contribution in [2.45, 2.75) is 38.8 Å². The number of hydrogen-bond donors (Lipinski definition) is 1. The zero-order chi connectivity index (χ0) is 17.4. The number of nitrogens with one attached hydrogen (secondary N) is 1. The van der Waals surface area contributed by atoms with Gasteiger partial charge in [-0.3, -0.25) is 4.79 Å². The van der Waals surface area contributed by atoms with Gasteiger partial charge in [-0.2, -0.15) is 0 Å². The van der Waals surface area contributed by atoms with Gasteiger partial charge in [0.1, 0.15) is 12.4 Å². The Kier molecular flexibility index (Phi) is 4.11. The summed E-state index contributed by atoms with van der Waals surface area (Å²) in [5.74, 6) is 2.52. The number of imidazole rings is 1. The van der Waals surface area contributed by atoms with Gasteiger partial charge in [-0.15, -0.1) is 0 Å². The van der Waals surface area contributed by atoms with E-state index in [1.807, 2.05) is 25.1 Å². The highest BCUT2D eigenvalue weighted by molar-refractivity contribution is 5.80. The Labute approximate surface area is 147 Å². The Morgan fingerprint density at radius 3 is 3.16 bits per heavy atom. The molecule has 1 amide bonds. The molecule has 6 nitrogen and oxygen atoms in total. The highest BCUT2D eigenvalue weighted by atomic mass is 16.5. The van der Waals surface area contributed by atoms with Crippen LogP contribution in [0.2, 0.25) is 0 Å². The molecule has 0 spiro atoms. The third kappa shape index (κ3) is 3.08. The number of fused-ring (bicyclic) bond motifs is 2. The summed E-state index contributed by atoms with van der Waals surface area (Å²) in [6, 6.07) is 5.97. The van der Waals surface area contributed by atoms with E-state index >= 15 is 0 Å². The van der Waals surface area contributed by atoms with Crippen LogP contribution in [0.3, 0.4) is 0 Å². The van der Waals surface area contributed by atoms with Crippen molar-refractivity contribution in [1.29, 1.82) is 0 Å². The summed E-state index contributed by atoms with van der Waals surface area (Å²) in [5, 5.41) is 3.20. The number of para-hydroxylation sites is 1. The van der Waals surface area contributed by atoms with E-state index in [4.69, 9.17) is 9.47 Å². The van der Waals surface area contributed by atoms with Crippen LogP contribution in [0.5, 0.6) is 11.5 Å². The maximum Gasteiger partial charge on any atom is 0.227 e. The van der Waals surface area contributed by atoms with Gasteiger partial charge in [0.05, 0.1) is 18.7 Å². The minimum absolute atomic E-state index is 0.0683. The summed E-state index contributed by atoms with van der Waals surface area (Å²) in [5.41, 5.74) is 2.06. The fourth-order valence-corrected chi connectivity index (χ4v) is 3.75. The Bertz CT molecular complexity index is 799. The number of benzene rings is 1. The molecule has 1 N–H and O–H groups in total. The van der Waals surface area contributed by atoms with Crippen LogP contribution in [0.15, 0.2) is 24.4 Å². The van der Waals surface area contributed by atoms with Crippen LogP contribution in [0.4, 0.5) is 0 Å². The van der Waals surface area contributed by atoms with E-state index in [1.165, 1.54) is 0 Å². The standard InChI is InChI=1S/C19H23N3O3/c1-12-9-22-10-15(6-7-17(22)20-12)21-19(23)14-8-13-4-3-5-16(24-2)18(13)25-11-14/h3-5,9,14-15H,6-8,10-11H2,1-2H3,(H,21,23)/t14-,15+/m1/s1. The van der Waals surface area contributed by atoms with Gasteiger partial charge in [0.2, 0.25) is 5.91 Å². The number of nitrogens with zero attached hydrogens (tertiary/aromatic N) is 2. The number of ether oxygens (including phenoxy) is 2. The van der Waals surface area contributed by atoms with Crippen LogP contribution in [-0.4, -0.2) is 35.2 Å². The molecule has 0 fully saturated rings. The lowest BCUT2D eigenvalue weighted by molar-refractivity contribution is -0.127. The topological polar surface area (TPSA) is 65.4 Å². The second-order valence-electron chi connectivity index (χ2n) is 6.86. The van der Waals surface area contributed by atoms with Crippen molar-refractivity contribution in [1.82, 2.24) is 14.9 Å². The molecule has 2 aromatic rings. The SMILES string of the molecule is COc1cccc2c1OC[C@H](C(=O)N[C@H]1CCc3nc(C)cn3C1)C2. The number of amides is 1. The van der Waals surface area contributed by atoms with Crippen LogP contribution >= 0.6 is 0 Å². The van der Waals surface area contributed by atoms with E-state index in [2.05, 4.69) is 21.1 Å². The van der Waals surface area contributed by atoms with E-state index in [1.54, 1.807) is 7.11 Å². The van der Waals surface area contributed by atoms with Crippen molar-refractivity contribution in [2.24, 2.45) is 5.92 Å². The fraction of sp³-hybridized carbons (Fsp3) is 0.474. The number of hydrogen-bond acceptors (Lipinski definition) is 4. The first-order chi connectivity index (χ1) is 12.1. The van der Waals surface area contributed by atoms with Crippen molar-refractivity contribution in [3.05, 3.63) is 41.5 Å². The van der Waals surface area contributed by atoms with Gasteiger partial charge in [-0.05, 0) is 31.4 Å². The summed E-state index contributed by atoms with van der Waals surface area (Å²) >= 11 is 0. The predicted molar refractivity (Wildman–Crippen MR) is 92.9 cm³/mol. The lowest BCUT2D eigenvalue weighted by atomic mass is 9.95. The van der Waals surface area contributed by atoms with E-state index in [0.717, 1.165) is 48.0 Å². The molecular weight excluding hydrogens is 318 g/mol. The van der Waals surface area contributed by atoms with E-state index in [0.29, 0.717) is 13.0 Å². The summed E-state index contributed by atoms with van der Waals surface area (Å²) in [7, 11) is 1.63. The average Bonchev–Trinajstić information content (AvgIpc) is 3.00. The van der Waals surface area contributed by atoms with Gasteiger partial charge in [0.25, 0.3) is 0 Å². The van der Waals surface area contributed by atoms with Gasteiger partial charge in [0.15, 0.2) is 11.5 Å². The van der Waals surface area contributed by atoms with Gasteiger partial charge >= 0.3 is 0 Å². The van der Waals surface area contributed by atoms with Gasteiger partial charge in [-0.1, -0.05) is 12.1 Å². The highest BCUT2D eigenvalue weighted by Crippen LogP contribution is 2.36. The monoisotopic (exact) mass is 341 g/mol. The largest absolute Gasteiger partial charge is 0.493 e. The number of carbonyl (C=O) groups excluding carboxylic acids is 1. The Hall–Kier alpha value is -2.50. The lowest BCUT2D eigenvalue weighted by Gasteiger charge is -2.29. The Morgan fingerprint density at radius 1 is 1.44 bits per heavy atom. The molecule has 0 aliphatic carbocycles. The minimum Gasteiger partial charge on any atom is -0.493 e. The molecule has 25 heavy (non-hydrogen) atoms. The van der Waals surface area contributed by atoms with E-state index < -0.39 is 0 Å². The quantitative estimate of drug-likeness (QED) is 0.926. The van der Waals surface area contributed by atoms with E-state index in [-0.39, 0.29) is 17.9 Å². The first kappa shape index (κ1) is 16.0. The Morgan fingerprint density at radius 2 is 2.32 bits per heavy atom. The van der Waals surface area contributed by atoms with Crippen LogP contribution < -0.4 is 14.8 Å². The van der Waals surface area contributed by atoms with Crippen molar-refractivity contribution < 1.29 is 14.3 Å². The zero-order valence-electron chi connectivity index (χ0n) is 14.6. The van der Waals surface area contributed by atoms with Crippen molar-refractivity contribution in [2.75, 3.05) is 13.7 Å². The smallest absolute Gasteiger partial charge is 0.227 e. The molecule has 132 valence electrons. The number of rotatable bonds is 3. The molecule has 6 heteroatoms. The number of carbonyl (C=O) groups is 1. The van der Waals surface area contributed by atoms with Gasteiger partial charge in [-0.25, -0.2) is 4.98 Å². The fourth-order valence-electron chi connectivity index (χ4n) is 3.75. The third-order valence-electron chi connectivity index (χ3n) is 5.01. The molecule has 2 aliphatic rings. The maximum atomic E-state index is 12.7. The van der Waals surface area contributed by atoms with Crippen LogP contribution in [0, 0.1) is 12.8 Å². The molecule has 0 saturated carbocycles. The molecular formula is C19H23N3O3. The van der Waals surface area contributed by atoms with Crippen LogP contribution in [-0.2, 0) is 24.2 Å². The average molecular weight is 341 g/mol. The summed E-state index contributed by atoms with van der Waals surface area (Å²) in [6.45, 7) is 3.19. The zero-order valence-corrected chi connectivity index (χ0v) is 14.6. The number of methoxy groups -OCH3 is 1. The van der Waals surface area contributed by atoms with Crippen molar-refractivity contribution >= 4 is 5.91 Å². The first-order valence-corrected chi connectivity index (χ1v) is 8.75. The predicted octanol–water partition coefficient (Wildman–Crippen LogP) is 1.88. The molecule has 2 aliphatic heterocycles. The lowest BCUT2D eigenvalue weighted by Crippen LogP contribution is -2.46. The molecule has 0 unspecified atom stereocenters. The van der Waals surface area contributed by atoms with Crippen molar-refractivity contribution in [3.63, 3.8) is 0 Å². The molecule has 1 aromatic heterocycles. The number of aryl methyl sites for hydroxylation is 2. The molecule has 3 heterocycles. The minimum atomic E-state index is -0.162. The number of aromatic nitrogens is 2. The van der Waals surface area contributed by atoms with Gasteiger partial charge < -0.3 is 19.4 Å². The molecule has 1 aromatic carbocycles. The van der Waals surface area contributed by atoms with Crippen molar-refractivity contribution in [3.8, 4) is 11.5 Å². The van der Waals surface area contributed by atoms with E-state index in [9.17, 15) is 4.79 Å². The second-order valence-corrected chi connectivity index (χ2v) is 6.86. The van der Waals surface area contributed by atoms with Crippen LogP contribution in [0.25, 0.3) is 0 Å². The third-order valence-corrected chi connectivity index (χ3v) is 5.01. The summed E-state index contributed by atoms with van der Waals surface area (Å²) in [4.78, 5) is 17.2. The van der Waals surface area contributed by atoms with Gasteiger partial charge in [0, 0.05) is 25.2 Å². The summed E-state index contributed by atoms with van der Waals surface area (Å²) in [6.07, 6.45) is 4.57.